The first-order chi connectivity index (χ1) is 13.1. The van der Waals surface area contributed by atoms with E-state index in [4.69, 9.17) is 11.6 Å². The molecular weight excluding hydrogens is 360 g/mol. The molecule has 0 aliphatic carbocycles. The molecule has 27 heavy (non-hydrogen) atoms. The molecule has 1 aliphatic rings. The summed E-state index contributed by atoms with van der Waals surface area (Å²) in [5.41, 5.74) is 4.07. The number of hydrogen-bond donors (Lipinski definition) is 2. The average molecular weight is 383 g/mol. The number of nitrogens with zero attached hydrogens (tertiary/aromatic N) is 2. The van der Waals surface area contributed by atoms with Crippen molar-refractivity contribution in [3.05, 3.63) is 58.9 Å². The normalized spacial score (nSPS) is 15.9. The van der Waals surface area contributed by atoms with Crippen molar-refractivity contribution in [3.8, 4) is 0 Å². The summed E-state index contributed by atoms with van der Waals surface area (Å²) in [6.07, 6.45) is 1.71. The SMILES string of the molecule is Cc1ccc2nc(CN3CCC(C(=O)Nc4cccc(Cl)c4)CC3)[nH]c2c1. The van der Waals surface area contributed by atoms with Gasteiger partial charge in [-0.1, -0.05) is 23.7 Å². The molecule has 0 bridgehead atoms. The zero-order valence-electron chi connectivity index (χ0n) is 15.3. The fourth-order valence-corrected chi connectivity index (χ4v) is 3.82. The van der Waals surface area contributed by atoms with Crippen molar-refractivity contribution in [2.24, 2.45) is 5.92 Å². The molecule has 1 fully saturated rings. The number of rotatable bonds is 4. The minimum absolute atomic E-state index is 0.0403. The number of fused-ring (bicyclic) bond motifs is 1. The zero-order chi connectivity index (χ0) is 18.8. The third kappa shape index (κ3) is 4.31. The highest BCUT2D eigenvalue weighted by Crippen LogP contribution is 2.22. The zero-order valence-corrected chi connectivity index (χ0v) is 16.1. The molecule has 2 aromatic carbocycles. The van der Waals surface area contributed by atoms with Gasteiger partial charge in [0.25, 0.3) is 0 Å². The van der Waals surface area contributed by atoms with Gasteiger partial charge >= 0.3 is 0 Å². The van der Waals surface area contributed by atoms with Crippen molar-refractivity contribution in [2.45, 2.75) is 26.3 Å². The predicted octanol–water partition coefficient (Wildman–Crippen LogP) is 4.38. The Morgan fingerprint density at radius 2 is 2.07 bits per heavy atom. The van der Waals surface area contributed by atoms with E-state index < -0.39 is 0 Å². The van der Waals surface area contributed by atoms with Gasteiger partial charge in [0.2, 0.25) is 5.91 Å². The second-order valence-electron chi connectivity index (χ2n) is 7.25. The quantitative estimate of drug-likeness (QED) is 0.704. The van der Waals surface area contributed by atoms with Crippen molar-refractivity contribution in [1.82, 2.24) is 14.9 Å². The van der Waals surface area contributed by atoms with Crippen LogP contribution in [0, 0.1) is 12.8 Å². The fourth-order valence-electron chi connectivity index (χ4n) is 3.63. The number of amides is 1. The number of aromatic amines is 1. The molecule has 2 heterocycles. The molecule has 1 amide bonds. The fraction of sp³-hybridized carbons (Fsp3) is 0.333. The van der Waals surface area contributed by atoms with Crippen molar-refractivity contribution in [2.75, 3.05) is 18.4 Å². The lowest BCUT2D eigenvalue weighted by Crippen LogP contribution is -2.38. The van der Waals surface area contributed by atoms with Crippen LogP contribution in [0.5, 0.6) is 0 Å². The minimum Gasteiger partial charge on any atom is -0.341 e. The largest absolute Gasteiger partial charge is 0.341 e. The van der Waals surface area contributed by atoms with E-state index in [0.29, 0.717) is 5.02 Å². The Morgan fingerprint density at radius 1 is 1.26 bits per heavy atom. The van der Waals surface area contributed by atoms with Crippen molar-refractivity contribution in [1.29, 1.82) is 0 Å². The molecule has 0 radical (unpaired) electrons. The summed E-state index contributed by atoms with van der Waals surface area (Å²) >= 11 is 5.98. The van der Waals surface area contributed by atoms with Gasteiger partial charge in [-0.15, -0.1) is 0 Å². The second kappa shape index (κ2) is 7.71. The Hall–Kier alpha value is -2.37. The first-order valence-electron chi connectivity index (χ1n) is 9.31. The molecule has 0 spiro atoms. The van der Waals surface area contributed by atoms with Crippen molar-refractivity contribution < 1.29 is 4.79 Å². The Labute approximate surface area is 163 Å². The smallest absolute Gasteiger partial charge is 0.227 e. The summed E-state index contributed by atoms with van der Waals surface area (Å²) in [4.78, 5) is 22.9. The van der Waals surface area contributed by atoms with E-state index in [0.717, 1.165) is 55.0 Å². The van der Waals surface area contributed by atoms with Gasteiger partial charge in [0, 0.05) is 16.6 Å². The highest BCUT2D eigenvalue weighted by Gasteiger charge is 2.25. The summed E-state index contributed by atoms with van der Waals surface area (Å²) in [5.74, 6) is 1.10. The standard InChI is InChI=1S/C21H23ClN4O/c1-14-5-6-18-19(11-14)25-20(24-18)13-26-9-7-15(8-10-26)21(27)23-17-4-2-3-16(22)12-17/h2-6,11-12,15H,7-10,13H2,1H3,(H,23,27)(H,24,25). The summed E-state index contributed by atoms with van der Waals surface area (Å²) in [5, 5.41) is 3.61. The number of benzene rings is 2. The van der Waals surface area contributed by atoms with Gasteiger partial charge in [-0.3, -0.25) is 9.69 Å². The van der Waals surface area contributed by atoms with Crippen molar-refractivity contribution >= 4 is 34.2 Å². The molecule has 4 rings (SSSR count). The van der Waals surface area contributed by atoms with Crippen LogP contribution in [0.1, 0.15) is 24.2 Å². The molecule has 0 saturated carbocycles. The highest BCUT2D eigenvalue weighted by atomic mass is 35.5. The maximum Gasteiger partial charge on any atom is 0.227 e. The first kappa shape index (κ1) is 18.0. The molecule has 6 heteroatoms. The monoisotopic (exact) mass is 382 g/mol. The lowest BCUT2D eigenvalue weighted by molar-refractivity contribution is -0.121. The number of aryl methyl sites for hydroxylation is 1. The third-order valence-corrected chi connectivity index (χ3v) is 5.35. The van der Waals surface area contributed by atoms with Crippen LogP contribution in [0.3, 0.4) is 0 Å². The molecule has 1 aromatic heterocycles. The van der Waals surface area contributed by atoms with Crippen LogP contribution >= 0.6 is 11.6 Å². The number of carbonyl (C=O) groups excluding carboxylic acids is 1. The summed E-state index contributed by atoms with van der Waals surface area (Å²) in [6, 6.07) is 13.5. The van der Waals surface area contributed by atoms with E-state index in [9.17, 15) is 4.79 Å². The van der Waals surface area contributed by atoms with E-state index >= 15 is 0 Å². The van der Waals surface area contributed by atoms with E-state index in [-0.39, 0.29) is 11.8 Å². The highest BCUT2D eigenvalue weighted by molar-refractivity contribution is 6.30. The number of anilines is 1. The molecule has 140 valence electrons. The number of nitrogens with one attached hydrogen (secondary N) is 2. The summed E-state index contributed by atoms with van der Waals surface area (Å²) in [6.45, 7) is 4.66. The number of likely N-dealkylation sites (tertiary alicyclic amines) is 1. The number of H-pyrrole nitrogens is 1. The molecule has 3 aromatic rings. The van der Waals surface area contributed by atoms with Crippen LogP contribution in [0.15, 0.2) is 42.5 Å². The number of piperidine rings is 1. The molecule has 5 nitrogen and oxygen atoms in total. The Bertz CT molecular complexity index is 960. The predicted molar refractivity (Wildman–Crippen MR) is 109 cm³/mol. The minimum atomic E-state index is 0.0403. The maximum absolute atomic E-state index is 12.5. The Kier molecular flexibility index (Phi) is 5.14. The number of aromatic nitrogens is 2. The topological polar surface area (TPSA) is 61.0 Å². The number of imidazole rings is 1. The van der Waals surface area contributed by atoms with Crippen LogP contribution in [-0.4, -0.2) is 33.9 Å². The number of halogens is 1. The van der Waals surface area contributed by atoms with Gasteiger partial charge in [0.15, 0.2) is 0 Å². The van der Waals surface area contributed by atoms with Crippen LogP contribution in [0.2, 0.25) is 5.02 Å². The van der Waals surface area contributed by atoms with Gasteiger partial charge < -0.3 is 10.3 Å². The summed E-state index contributed by atoms with van der Waals surface area (Å²) < 4.78 is 0. The molecule has 2 N–H and O–H groups in total. The van der Waals surface area contributed by atoms with Crippen LogP contribution in [0.25, 0.3) is 11.0 Å². The lowest BCUT2D eigenvalue weighted by atomic mass is 9.96. The molecular formula is C21H23ClN4O. The van der Waals surface area contributed by atoms with E-state index in [1.165, 1.54) is 5.56 Å². The van der Waals surface area contributed by atoms with Gasteiger partial charge in [0.1, 0.15) is 5.82 Å². The van der Waals surface area contributed by atoms with Crippen LogP contribution < -0.4 is 5.32 Å². The van der Waals surface area contributed by atoms with Gasteiger partial charge in [0.05, 0.1) is 17.6 Å². The maximum atomic E-state index is 12.5. The molecule has 1 saturated heterocycles. The van der Waals surface area contributed by atoms with Crippen LogP contribution in [0.4, 0.5) is 5.69 Å². The Balaban J connectivity index is 1.32. The van der Waals surface area contributed by atoms with Crippen LogP contribution in [-0.2, 0) is 11.3 Å². The molecule has 1 aliphatic heterocycles. The van der Waals surface area contributed by atoms with E-state index in [2.05, 4.69) is 45.3 Å². The van der Waals surface area contributed by atoms with Crippen molar-refractivity contribution in [3.63, 3.8) is 0 Å². The lowest BCUT2D eigenvalue weighted by Gasteiger charge is -2.30. The van der Waals surface area contributed by atoms with Gasteiger partial charge in [-0.05, 0) is 68.8 Å². The van der Waals surface area contributed by atoms with E-state index in [1.807, 2.05) is 12.1 Å². The first-order valence-corrected chi connectivity index (χ1v) is 9.69. The van der Waals surface area contributed by atoms with Gasteiger partial charge in [-0.25, -0.2) is 4.98 Å². The van der Waals surface area contributed by atoms with Gasteiger partial charge in [-0.2, -0.15) is 0 Å². The Morgan fingerprint density at radius 3 is 2.85 bits per heavy atom. The number of carbonyl (C=O) groups is 1. The van der Waals surface area contributed by atoms with E-state index in [1.54, 1.807) is 12.1 Å². The summed E-state index contributed by atoms with van der Waals surface area (Å²) in [7, 11) is 0. The second-order valence-corrected chi connectivity index (χ2v) is 7.69. The molecule has 0 unspecified atom stereocenters. The average Bonchev–Trinajstić information content (AvgIpc) is 3.03. The molecule has 0 atom stereocenters. The number of hydrogen-bond acceptors (Lipinski definition) is 3. The third-order valence-electron chi connectivity index (χ3n) is 5.11.